The molecule has 0 heterocycles. The van der Waals surface area contributed by atoms with Gasteiger partial charge in [0.25, 0.3) is 0 Å². The zero-order valence-corrected chi connectivity index (χ0v) is 13.2. The predicted molar refractivity (Wildman–Crippen MR) is 85.3 cm³/mol. The molecule has 110 valence electrons. The molecule has 0 saturated heterocycles. The maximum absolute atomic E-state index is 10.5. The molecule has 0 aromatic heterocycles. The molecule has 0 radical (unpaired) electrons. The van der Waals surface area contributed by atoms with E-state index in [-0.39, 0.29) is 16.9 Å². The molecule has 20 heavy (non-hydrogen) atoms. The summed E-state index contributed by atoms with van der Waals surface area (Å²) >= 11 is 1.79. The van der Waals surface area contributed by atoms with Gasteiger partial charge in [0.2, 0.25) is 0 Å². The van der Waals surface area contributed by atoms with E-state index in [0.717, 1.165) is 18.7 Å². The first kappa shape index (κ1) is 14.4. The molecule has 2 aliphatic carbocycles. The fourth-order valence-electron chi connectivity index (χ4n) is 4.29. The number of hydrogen-bond donors (Lipinski definition) is 2. The topological polar surface area (TPSA) is 32.3 Å². The summed E-state index contributed by atoms with van der Waals surface area (Å²) in [7, 11) is 0. The van der Waals surface area contributed by atoms with Crippen molar-refractivity contribution in [2.24, 2.45) is 16.7 Å². The Morgan fingerprint density at radius 2 is 2.05 bits per heavy atom. The summed E-state index contributed by atoms with van der Waals surface area (Å²) in [6.45, 7) is 5.61. The van der Waals surface area contributed by atoms with E-state index in [1.807, 2.05) is 6.07 Å². The minimum Gasteiger partial charge on any atom is -0.392 e. The van der Waals surface area contributed by atoms with Crippen LogP contribution in [0, 0.1) is 16.7 Å². The Balaban J connectivity index is 1.56. The summed E-state index contributed by atoms with van der Waals surface area (Å²) < 4.78 is 3.47. The lowest BCUT2D eigenvalue weighted by Gasteiger charge is -2.40. The molecule has 2 fully saturated rings. The molecule has 0 spiro atoms. The average Bonchev–Trinajstić information content (AvgIpc) is 2.79. The molecule has 2 saturated carbocycles. The number of fused-ring (bicyclic) bond motifs is 2. The molecule has 3 atom stereocenters. The van der Waals surface area contributed by atoms with Crippen LogP contribution in [0.15, 0.2) is 30.3 Å². The highest BCUT2D eigenvalue weighted by atomic mass is 32.2. The molecule has 0 amide bonds. The van der Waals surface area contributed by atoms with E-state index in [4.69, 9.17) is 0 Å². The monoisotopic (exact) mass is 291 g/mol. The summed E-state index contributed by atoms with van der Waals surface area (Å²) in [6.07, 6.45) is 3.38. The molecule has 2 aliphatic rings. The first-order valence-electron chi connectivity index (χ1n) is 7.63. The van der Waals surface area contributed by atoms with Gasteiger partial charge in [-0.05, 0) is 36.2 Å². The number of aliphatic hydroxyl groups excluding tert-OH is 1. The van der Waals surface area contributed by atoms with Gasteiger partial charge in [0.05, 0.1) is 6.10 Å². The number of benzene rings is 1. The van der Waals surface area contributed by atoms with Crippen LogP contribution in [0.1, 0.15) is 38.7 Å². The third-order valence-corrected chi connectivity index (χ3v) is 6.95. The molecule has 0 aliphatic heterocycles. The van der Waals surface area contributed by atoms with Crippen LogP contribution in [0.3, 0.4) is 0 Å². The van der Waals surface area contributed by atoms with Gasteiger partial charge >= 0.3 is 0 Å². The summed E-state index contributed by atoms with van der Waals surface area (Å²) in [5.74, 6) is 1.73. The molecule has 3 rings (SSSR count). The van der Waals surface area contributed by atoms with Gasteiger partial charge in [0.15, 0.2) is 0 Å². The molecule has 2 bridgehead atoms. The molecule has 2 nitrogen and oxygen atoms in total. The zero-order chi connectivity index (χ0) is 14.2. The van der Waals surface area contributed by atoms with E-state index < -0.39 is 0 Å². The van der Waals surface area contributed by atoms with Crippen molar-refractivity contribution in [1.82, 2.24) is 4.72 Å². The third-order valence-electron chi connectivity index (χ3n) is 5.94. The van der Waals surface area contributed by atoms with Crippen LogP contribution in [-0.4, -0.2) is 17.0 Å². The van der Waals surface area contributed by atoms with Crippen LogP contribution >= 0.6 is 11.9 Å². The third kappa shape index (κ3) is 2.20. The normalized spacial score (nSPS) is 34.5. The fraction of sp³-hybridized carbons (Fsp3) is 0.647. The van der Waals surface area contributed by atoms with Crippen molar-refractivity contribution in [2.45, 2.75) is 45.8 Å². The summed E-state index contributed by atoms with van der Waals surface area (Å²) in [5.41, 5.74) is 1.72. The van der Waals surface area contributed by atoms with Crippen molar-refractivity contribution in [2.75, 3.05) is 5.75 Å². The summed E-state index contributed by atoms with van der Waals surface area (Å²) in [4.78, 5) is 0. The number of hydrogen-bond acceptors (Lipinski definition) is 3. The Hall–Kier alpha value is -0.510. The minimum atomic E-state index is -0.109. The highest BCUT2D eigenvalue weighted by molar-refractivity contribution is 7.97. The van der Waals surface area contributed by atoms with Gasteiger partial charge in [-0.1, -0.05) is 56.1 Å². The van der Waals surface area contributed by atoms with Crippen molar-refractivity contribution in [1.29, 1.82) is 0 Å². The van der Waals surface area contributed by atoms with E-state index in [1.165, 1.54) is 18.4 Å². The van der Waals surface area contributed by atoms with Crippen LogP contribution in [0.4, 0.5) is 0 Å². The maximum atomic E-state index is 10.5. The van der Waals surface area contributed by atoms with Gasteiger partial charge in [0.1, 0.15) is 0 Å². The second-order valence-electron chi connectivity index (χ2n) is 6.96. The van der Waals surface area contributed by atoms with Crippen LogP contribution in [0.5, 0.6) is 0 Å². The van der Waals surface area contributed by atoms with Gasteiger partial charge in [-0.2, -0.15) is 0 Å². The Labute approximate surface area is 126 Å². The predicted octanol–water partition coefficient (Wildman–Crippen LogP) is 3.61. The number of aliphatic hydroxyl groups is 1. The highest BCUT2D eigenvalue weighted by Gasteiger charge is 2.63. The molecule has 1 aromatic rings. The smallest absolute Gasteiger partial charge is 0.0612 e. The van der Waals surface area contributed by atoms with E-state index >= 15 is 0 Å². The van der Waals surface area contributed by atoms with Gasteiger partial charge in [-0.3, -0.25) is 4.72 Å². The van der Waals surface area contributed by atoms with Gasteiger partial charge in [0, 0.05) is 17.7 Å². The summed E-state index contributed by atoms with van der Waals surface area (Å²) in [5, 5.41) is 10.5. The largest absolute Gasteiger partial charge is 0.392 e. The lowest BCUT2D eigenvalue weighted by Crippen LogP contribution is -2.41. The molecular weight excluding hydrogens is 266 g/mol. The van der Waals surface area contributed by atoms with E-state index in [9.17, 15) is 5.11 Å². The molecule has 2 N–H and O–H groups in total. The van der Waals surface area contributed by atoms with Crippen LogP contribution in [0.2, 0.25) is 0 Å². The van der Waals surface area contributed by atoms with Gasteiger partial charge in [-0.15, -0.1) is 0 Å². The lowest BCUT2D eigenvalue weighted by atomic mass is 9.70. The van der Waals surface area contributed by atoms with E-state index in [1.54, 1.807) is 11.9 Å². The van der Waals surface area contributed by atoms with Crippen molar-refractivity contribution in [3.8, 4) is 0 Å². The average molecular weight is 291 g/mol. The SMILES string of the molecule is CC1(C)C2CCC1(CSNCc1ccccc1)C(O)C2. The van der Waals surface area contributed by atoms with Crippen LogP contribution < -0.4 is 4.72 Å². The fourth-order valence-corrected chi connectivity index (χ4v) is 5.63. The van der Waals surface area contributed by atoms with Crippen molar-refractivity contribution in [3.63, 3.8) is 0 Å². The number of nitrogens with one attached hydrogen (secondary N) is 1. The van der Waals surface area contributed by atoms with E-state index in [2.05, 4.69) is 42.8 Å². The Bertz CT molecular complexity index is 461. The van der Waals surface area contributed by atoms with Crippen molar-refractivity contribution >= 4 is 11.9 Å². The standard InChI is InChI=1S/C17H25NOS/c1-16(2)14-8-9-17(16,15(19)10-14)12-20-18-11-13-6-4-3-5-7-13/h3-7,14-15,18-19H,8-12H2,1-2H3. The van der Waals surface area contributed by atoms with Crippen LogP contribution in [-0.2, 0) is 6.54 Å². The molecule has 1 aromatic carbocycles. The second kappa shape index (κ2) is 5.36. The van der Waals surface area contributed by atoms with Crippen LogP contribution in [0.25, 0.3) is 0 Å². The molecule has 3 unspecified atom stereocenters. The molecule has 3 heteroatoms. The van der Waals surface area contributed by atoms with Crippen molar-refractivity contribution < 1.29 is 5.11 Å². The Morgan fingerprint density at radius 1 is 1.30 bits per heavy atom. The van der Waals surface area contributed by atoms with E-state index in [0.29, 0.717) is 5.92 Å². The van der Waals surface area contributed by atoms with Crippen molar-refractivity contribution in [3.05, 3.63) is 35.9 Å². The second-order valence-corrected chi connectivity index (χ2v) is 7.83. The first-order chi connectivity index (χ1) is 9.56. The molecular formula is C17H25NOS. The maximum Gasteiger partial charge on any atom is 0.0612 e. The Kier molecular flexibility index (Phi) is 3.87. The minimum absolute atomic E-state index is 0.109. The zero-order valence-electron chi connectivity index (χ0n) is 12.4. The Morgan fingerprint density at radius 3 is 2.65 bits per heavy atom. The first-order valence-corrected chi connectivity index (χ1v) is 8.61. The highest BCUT2D eigenvalue weighted by Crippen LogP contribution is 2.66. The quantitative estimate of drug-likeness (QED) is 0.642. The lowest BCUT2D eigenvalue weighted by molar-refractivity contribution is 0.0167. The van der Waals surface area contributed by atoms with Gasteiger partial charge < -0.3 is 5.11 Å². The summed E-state index contributed by atoms with van der Waals surface area (Å²) in [6, 6.07) is 10.5. The van der Waals surface area contributed by atoms with Gasteiger partial charge in [-0.25, -0.2) is 0 Å². The number of rotatable bonds is 5.